The molecule has 0 aliphatic heterocycles. The quantitative estimate of drug-likeness (QED) is 0.152. The van der Waals surface area contributed by atoms with E-state index in [1.165, 1.54) is 64.2 Å². The van der Waals surface area contributed by atoms with Crippen LogP contribution < -0.4 is 0 Å². The van der Waals surface area contributed by atoms with E-state index in [0.29, 0.717) is 12.8 Å². The maximum absolute atomic E-state index is 11.4. The van der Waals surface area contributed by atoms with Crippen LogP contribution in [0.25, 0.3) is 0 Å². The fourth-order valence-electron chi connectivity index (χ4n) is 2.73. The van der Waals surface area contributed by atoms with Crippen molar-refractivity contribution in [3.8, 4) is 23.7 Å². The average Bonchev–Trinajstić information content (AvgIpc) is 2.69. The monoisotopic (exact) mass is 390 g/mol. The number of carbonyl (C=O) groups is 2. The van der Waals surface area contributed by atoms with Gasteiger partial charge < -0.3 is 0 Å². The number of carbonyl (C=O) groups excluding carboxylic acids is 2. The maximum atomic E-state index is 11.4. The summed E-state index contributed by atoms with van der Waals surface area (Å²) in [5.74, 6) is 8.41. The Labute approximate surface area is 172 Å². The highest BCUT2D eigenvalue weighted by Crippen LogP contribution is 2.08. The van der Waals surface area contributed by atoms with Gasteiger partial charge in [-0.3, -0.25) is 0 Å². The van der Waals surface area contributed by atoms with Crippen LogP contribution in [0.4, 0.5) is 0 Å². The number of hydrogen-bond acceptors (Lipinski definition) is 4. The third kappa shape index (κ3) is 20.4. The zero-order valence-electron chi connectivity index (χ0n) is 17.9. The maximum Gasteiger partial charge on any atom is 0.429 e. The molecule has 0 bridgehead atoms. The van der Waals surface area contributed by atoms with Gasteiger partial charge in [-0.15, -0.1) is 0 Å². The first kappa shape index (κ1) is 26.1. The van der Waals surface area contributed by atoms with E-state index >= 15 is 0 Å². The molecule has 0 unspecified atom stereocenters. The van der Waals surface area contributed by atoms with Gasteiger partial charge in [0.25, 0.3) is 0 Å². The number of hydrogen-bond donors (Lipinski definition) is 0. The van der Waals surface area contributed by atoms with Crippen LogP contribution in [-0.4, -0.2) is 11.9 Å². The Morgan fingerprint density at radius 1 is 0.536 bits per heavy atom. The van der Waals surface area contributed by atoms with Gasteiger partial charge >= 0.3 is 11.9 Å². The van der Waals surface area contributed by atoms with Gasteiger partial charge in [0.2, 0.25) is 0 Å². The van der Waals surface area contributed by atoms with Crippen molar-refractivity contribution in [3.63, 3.8) is 0 Å². The van der Waals surface area contributed by atoms with Crippen molar-refractivity contribution in [3.05, 3.63) is 0 Å². The van der Waals surface area contributed by atoms with Crippen molar-refractivity contribution >= 4 is 11.9 Å². The highest BCUT2D eigenvalue weighted by Gasteiger charge is 2.03. The second-order valence-corrected chi connectivity index (χ2v) is 7.09. The summed E-state index contributed by atoms with van der Waals surface area (Å²) in [6, 6.07) is 0. The first-order valence-electron chi connectivity index (χ1n) is 11.1. The van der Waals surface area contributed by atoms with Crippen LogP contribution in [-0.2, 0) is 19.4 Å². The molecule has 0 spiro atoms. The van der Waals surface area contributed by atoms with Gasteiger partial charge in [-0.05, 0) is 12.8 Å². The van der Waals surface area contributed by atoms with Gasteiger partial charge in [0.1, 0.15) is 0 Å². The highest BCUT2D eigenvalue weighted by molar-refractivity contribution is 5.91. The highest BCUT2D eigenvalue weighted by atomic mass is 17.2. The van der Waals surface area contributed by atoms with E-state index in [1.54, 1.807) is 0 Å². The van der Waals surface area contributed by atoms with Gasteiger partial charge in [0.05, 0.1) is 0 Å². The predicted molar refractivity (Wildman–Crippen MR) is 113 cm³/mol. The lowest BCUT2D eigenvalue weighted by Crippen LogP contribution is -2.07. The van der Waals surface area contributed by atoms with E-state index < -0.39 is 11.9 Å². The van der Waals surface area contributed by atoms with Crippen LogP contribution in [0.3, 0.4) is 0 Å². The Morgan fingerprint density at radius 3 is 1.21 bits per heavy atom. The zero-order chi connectivity index (χ0) is 20.7. The molecule has 158 valence electrons. The van der Waals surface area contributed by atoms with Crippen molar-refractivity contribution in [2.24, 2.45) is 0 Å². The summed E-state index contributed by atoms with van der Waals surface area (Å²) in [6.07, 6.45) is 18.1. The lowest BCUT2D eigenvalue weighted by molar-refractivity contribution is -0.248. The van der Waals surface area contributed by atoms with E-state index in [4.69, 9.17) is 0 Å². The molecule has 4 heteroatoms. The molecule has 0 radical (unpaired) electrons. The molecule has 0 aromatic rings. The number of rotatable bonds is 14. The normalized spacial score (nSPS) is 9.64. The fraction of sp³-hybridized carbons (Fsp3) is 0.750. The molecule has 0 heterocycles. The second-order valence-electron chi connectivity index (χ2n) is 7.09. The lowest BCUT2D eigenvalue weighted by atomic mass is 10.1. The molecule has 4 nitrogen and oxygen atoms in total. The smallest absolute Gasteiger partial charge is 0.231 e. The standard InChI is InChI=1S/C24H38O4/c1-3-5-7-9-11-13-15-17-19-21-23(25)27-28-24(26)22-20-18-16-14-12-10-8-6-4-2/h3-18H2,1-2H3. The van der Waals surface area contributed by atoms with E-state index in [1.807, 2.05) is 0 Å². The summed E-state index contributed by atoms with van der Waals surface area (Å²) in [5, 5.41) is 0. The summed E-state index contributed by atoms with van der Waals surface area (Å²) < 4.78 is 0. The van der Waals surface area contributed by atoms with Gasteiger partial charge in [0, 0.05) is 24.7 Å². The minimum Gasteiger partial charge on any atom is -0.231 e. The molecule has 0 aromatic carbocycles. The Hall–Kier alpha value is -1.94. The Morgan fingerprint density at radius 2 is 0.857 bits per heavy atom. The molecule has 0 saturated heterocycles. The summed E-state index contributed by atoms with van der Waals surface area (Å²) in [7, 11) is 0. The minimum atomic E-state index is -0.856. The van der Waals surface area contributed by atoms with Gasteiger partial charge in [-0.25, -0.2) is 19.4 Å². The first-order valence-corrected chi connectivity index (χ1v) is 11.1. The van der Waals surface area contributed by atoms with E-state index in [9.17, 15) is 9.59 Å². The van der Waals surface area contributed by atoms with E-state index in [0.717, 1.165) is 25.7 Å². The molecule has 0 aliphatic rings. The van der Waals surface area contributed by atoms with Crippen LogP contribution in [0, 0.1) is 23.7 Å². The SMILES string of the molecule is CCCCCCCCCC#CC(=O)OOC(=O)C#CCCCCCCCCC. The van der Waals surface area contributed by atoms with Crippen molar-refractivity contribution in [1.82, 2.24) is 0 Å². The lowest BCUT2D eigenvalue weighted by Gasteiger charge is -1.98. The van der Waals surface area contributed by atoms with Gasteiger partial charge in [0.15, 0.2) is 0 Å². The Bertz CT molecular complexity index is 468. The average molecular weight is 391 g/mol. The predicted octanol–water partition coefficient (Wildman–Crippen LogP) is 6.28. The number of unbranched alkanes of at least 4 members (excludes halogenated alkanes) is 14. The molecule has 0 aliphatic carbocycles. The molecular weight excluding hydrogens is 352 g/mol. The van der Waals surface area contributed by atoms with E-state index in [-0.39, 0.29) is 0 Å². The molecule has 0 rings (SSSR count). The van der Waals surface area contributed by atoms with Crippen molar-refractivity contribution in [2.75, 3.05) is 0 Å². The van der Waals surface area contributed by atoms with Gasteiger partial charge in [-0.2, -0.15) is 0 Å². The topological polar surface area (TPSA) is 52.6 Å². The van der Waals surface area contributed by atoms with Crippen molar-refractivity contribution in [2.45, 2.75) is 117 Å². The molecular formula is C24H38O4. The molecule has 0 saturated carbocycles. The Balaban J connectivity index is 3.60. The zero-order valence-corrected chi connectivity index (χ0v) is 17.9. The van der Waals surface area contributed by atoms with Crippen LogP contribution in [0.5, 0.6) is 0 Å². The van der Waals surface area contributed by atoms with Crippen LogP contribution >= 0.6 is 0 Å². The van der Waals surface area contributed by atoms with Crippen molar-refractivity contribution in [1.29, 1.82) is 0 Å². The molecule has 0 N–H and O–H groups in total. The summed E-state index contributed by atoms with van der Waals surface area (Å²) in [6.45, 7) is 4.41. The molecule has 0 aromatic heterocycles. The first-order chi connectivity index (χ1) is 13.7. The third-order valence-corrected chi connectivity index (χ3v) is 4.38. The van der Waals surface area contributed by atoms with Crippen LogP contribution in [0.2, 0.25) is 0 Å². The summed E-state index contributed by atoms with van der Waals surface area (Å²) in [4.78, 5) is 31.4. The molecule has 0 atom stereocenters. The van der Waals surface area contributed by atoms with Crippen LogP contribution in [0.15, 0.2) is 0 Å². The molecule has 28 heavy (non-hydrogen) atoms. The Kier molecular flexibility index (Phi) is 19.9. The third-order valence-electron chi connectivity index (χ3n) is 4.38. The van der Waals surface area contributed by atoms with Crippen molar-refractivity contribution < 1.29 is 19.4 Å². The van der Waals surface area contributed by atoms with Crippen LogP contribution in [0.1, 0.15) is 117 Å². The fourth-order valence-corrected chi connectivity index (χ4v) is 2.73. The van der Waals surface area contributed by atoms with Gasteiger partial charge in [-0.1, -0.05) is 103 Å². The summed E-state index contributed by atoms with van der Waals surface area (Å²) in [5.41, 5.74) is 0. The minimum absolute atomic E-state index is 0.648. The summed E-state index contributed by atoms with van der Waals surface area (Å²) >= 11 is 0. The largest absolute Gasteiger partial charge is 0.429 e. The van der Waals surface area contributed by atoms with E-state index in [2.05, 4.69) is 47.3 Å². The second kappa shape index (κ2) is 21.4. The molecule has 0 amide bonds. The molecule has 0 fully saturated rings.